The number of carbonyl (C=O) groups is 1. The number of methoxy groups -OCH3 is 1. The van der Waals surface area contributed by atoms with E-state index >= 15 is 0 Å². The summed E-state index contributed by atoms with van der Waals surface area (Å²) in [6.07, 6.45) is 0. The van der Waals surface area contributed by atoms with Gasteiger partial charge < -0.3 is 10.1 Å². The van der Waals surface area contributed by atoms with Crippen LogP contribution in [0.2, 0.25) is 0 Å². The van der Waals surface area contributed by atoms with E-state index in [0.29, 0.717) is 18.0 Å². The van der Waals surface area contributed by atoms with E-state index < -0.39 is 15.9 Å². The summed E-state index contributed by atoms with van der Waals surface area (Å²) in [5, 5.41) is 5.04. The van der Waals surface area contributed by atoms with Gasteiger partial charge in [0, 0.05) is 6.54 Å². The summed E-state index contributed by atoms with van der Waals surface area (Å²) in [6, 6.07) is 28.6. The van der Waals surface area contributed by atoms with Gasteiger partial charge in [-0.2, -0.15) is 0 Å². The lowest BCUT2D eigenvalue weighted by atomic mass is 10.1. The van der Waals surface area contributed by atoms with Gasteiger partial charge in [0.1, 0.15) is 12.3 Å². The zero-order valence-corrected chi connectivity index (χ0v) is 19.0. The zero-order valence-electron chi connectivity index (χ0n) is 18.1. The van der Waals surface area contributed by atoms with Gasteiger partial charge in [0.2, 0.25) is 5.91 Å². The summed E-state index contributed by atoms with van der Waals surface area (Å²) in [5.74, 6) is 0.150. The summed E-state index contributed by atoms with van der Waals surface area (Å²) in [5.41, 5.74) is 1.35. The molecule has 1 amide bonds. The number of para-hydroxylation sites is 1. The lowest BCUT2D eigenvalue weighted by Gasteiger charge is -2.24. The van der Waals surface area contributed by atoms with Crippen molar-refractivity contribution < 1.29 is 17.9 Å². The molecule has 0 fully saturated rings. The fourth-order valence-electron chi connectivity index (χ4n) is 3.52. The molecule has 168 valence electrons. The molecule has 0 heterocycles. The molecule has 6 nitrogen and oxygen atoms in total. The number of ether oxygens (including phenoxy) is 1. The Labute approximate surface area is 193 Å². The van der Waals surface area contributed by atoms with Gasteiger partial charge in [-0.05, 0) is 58.8 Å². The van der Waals surface area contributed by atoms with Gasteiger partial charge >= 0.3 is 0 Å². The number of nitrogens with one attached hydrogen (secondary N) is 1. The molecule has 7 heteroatoms. The first-order chi connectivity index (χ1) is 16.0. The third-order valence-electron chi connectivity index (χ3n) is 5.28. The Morgan fingerprint density at radius 2 is 1.52 bits per heavy atom. The normalized spacial score (nSPS) is 11.2. The second-order valence-electron chi connectivity index (χ2n) is 7.48. The van der Waals surface area contributed by atoms with Gasteiger partial charge in [0.15, 0.2) is 0 Å². The lowest BCUT2D eigenvalue weighted by molar-refractivity contribution is -0.119. The minimum Gasteiger partial charge on any atom is -0.497 e. The maximum atomic E-state index is 13.4. The largest absolute Gasteiger partial charge is 0.497 e. The van der Waals surface area contributed by atoms with Gasteiger partial charge in [0.25, 0.3) is 10.0 Å². The van der Waals surface area contributed by atoms with Gasteiger partial charge in [-0.1, -0.05) is 54.6 Å². The average Bonchev–Trinajstić information content (AvgIpc) is 2.86. The highest BCUT2D eigenvalue weighted by Crippen LogP contribution is 2.25. The summed E-state index contributed by atoms with van der Waals surface area (Å²) >= 11 is 0. The number of nitrogens with zero attached hydrogens (tertiary/aromatic N) is 1. The van der Waals surface area contributed by atoms with Gasteiger partial charge in [-0.3, -0.25) is 9.10 Å². The first-order valence-electron chi connectivity index (χ1n) is 10.4. The predicted molar refractivity (Wildman–Crippen MR) is 130 cm³/mol. The van der Waals surface area contributed by atoms with Crippen molar-refractivity contribution in [1.82, 2.24) is 5.32 Å². The summed E-state index contributed by atoms with van der Waals surface area (Å²) < 4.78 is 33.0. The number of amides is 1. The monoisotopic (exact) mass is 460 g/mol. The first-order valence-corrected chi connectivity index (χ1v) is 11.9. The third-order valence-corrected chi connectivity index (χ3v) is 7.07. The molecule has 0 saturated carbocycles. The molecule has 33 heavy (non-hydrogen) atoms. The summed E-state index contributed by atoms with van der Waals surface area (Å²) in [7, 11) is -2.46. The van der Waals surface area contributed by atoms with Crippen molar-refractivity contribution in [3.8, 4) is 5.75 Å². The van der Waals surface area contributed by atoms with Crippen LogP contribution >= 0.6 is 0 Å². The van der Waals surface area contributed by atoms with Crippen LogP contribution in [0.15, 0.2) is 102 Å². The Hall–Kier alpha value is -3.84. The molecule has 0 bridgehead atoms. The van der Waals surface area contributed by atoms with Crippen LogP contribution in [-0.4, -0.2) is 28.0 Å². The molecule has 0 aromatic heterocycles. The Balaban J connectivity index is 1.54. The second-order valence-corrected chi connectivity index (χ2v) is 9.34. The van der Waals surface area contributed by atoms with Crippen molar-refractivity contribution in [3.05, 3.63) is 103 Å². The number of hydrogen-bond acceptors (Lipinski definition) is 4. The Kier molecular flexibility index (Phi) is 6.60. The van der Waals surface area contributed by atoms with E-state index in [9.17, 15) is 13.2 Å². The molecule has 0 radical (unpaired) electrons. The number of benzene rings is 4. The highest BCUT2D eigenvalue weighted by Gasteiger charge is 2.27. The average molecular weight is 461 g/mol. The molecule has 0 aliphatic heterocycles. The molecule has 0 aliphatic rings. The van der Waals surface area contributed by atoms with Crippen molar-refractivity contribution in [1.29, 1.82) is 0 Å². The lowest BCUT2D eigenvalue weighted by Crippen LogP contribution is -2.40. The number of carbonyl (C=O) groups excluding carboxylic acids is 1. The molecule has 1 N–H and O–H groups in total. The van der Waals surface area contributed by atoms with Gasteiger partial charge in [0.05, 0.1) is 17.7 Å². The van der Waals surface area contributed by atoms with E-state index in [2.05, 4.69) is 5.32 Å². The highest BCUT2D eigenvalue weighted by atomic mass is 32.2. The molecule has 0 unspecified atom stereocenters. The Bertz CT molecular complexity index is 1350. The van der Waals surface area contributed by atoms with E-state index in [0.717, 1.165) is 20.6 Å². The standard InChI is InChI=1S/C26H24N2O4S/c1-32-24-13-15-25(16-14-24)33(30,31)28(23-9-3-2-4-10-23)19-26(29)27-18-20-11-12-21-7-5-6-8-22(21)17-20/h2-17H,18-19H2,1H3,(H,27,29). The number of sulfonamides is 1. The molecule has 0 spiro atoms. The topological polar surface area (TPSA) is 75.7 Å². The Morgan fingerprint density at radius 3 is 2.21 bits per heavy atom. The van der Waals surface area contributed by atoms with E-state index in [1.165, 1.54) is 19.2 Å². The van der Waals surface area contributed by atoms with Crippen LogP contribution in [-0.2, 0) is 21.4 Å². The maximum Gasteiger partial charge on any atom is 0.264 e. The van der Waals surface area contributed by atoms with Crippen LogP contribution < -0.4 is 14.4 Å². The van der Waals surface area contributed by atoms with Crippen molar-refractivity contribution in [3.63, 3.8) is 0 Å². The van der Waals surface area contributed by atoms with Crippen molar-refractivity contribution >= 4 is 32.4 Å². The number of rotatable bonds is 8. The fraction of sp³-hybridized carbons (Fsp3) is 0.115. The quantitative estimate of drug-likeness (QED) is 0.424. The van der Waals surface area contributed by atoms with Crippen LogP contribution in [0.5, 0.6) is 5.75 Å². The fourth-order valence-corrected chi connectivity index (χ4v) is 4.94. The molecule has 4 aromatic carbocycles. The van der Waals surface area contributed by atoms with E-state index in [1.54, 1.807) is 42.5 Å². The van der Waals surface area contributed by atoms with Crippen LogP contribution in [0.25, 0.3) is 10.8 Å². The van der Waals surface area contributed by atoms with Crippen molar-refractivity contribution in [2.24, 2.45) is 0 Å². The molecule has 4 aromatic rings. The molecular weight excluding hydrogens is 436 g/mol. The molecule has 0 aliphatic carbocycles. The van der Waals surface area contributed by atoms with Gasteiger partial charge in [-0.25, -0.2) is 8.42 Å². The maximum absolute atomic E-state index is 13.4. The molecular formula is C26H24N2O4S. The molecule has 0 saturated heterocycles. The van der Waals surface area contributed by atoms with Crippen LogP contribution in [0.3, 0.4) is 0 Å². The van der Waals surface area contributed by atoms with Gasteiger partial charge in [-0.15, -0.1) is 0 Å². The predicted octanol–water partition coefficient (Wildman–Crippen LogP) is 4.36. The smallest absolute Gasteiger partial charge is 0.264 e. The van der Waals surface area contributed by atoms with Crippen molar-refractivity contribution in [2.45, 2.75) is 11.4 Å². The third kappa shape index (κ3) is 5.15. The molecule has 4 rings (SSSR count). The van der Waals surface area contributed by atoms with E-state index in [1.807, 2.05) is 42.5 Å². The summed E-state index contributed by atoms with van der Waals surface area (Å²) in [4.78, 5) is 12.9. The molecule has 0 atom stereocenters. The number of anilines is 1. The first kappa shape index (κ1) is 22.4. The summed E-state index contributed by atoms with van der Waals surface area (Å²) in [6.45, 7) is -0.0408. The SMILES string of the molecule is COc1ccc(S(=O)(=O)N(CC(=O)NCc2ccc3ccccc3c2)c2ccccc2)cc1. The van der Waals surface area contributed by atoms with Crippen molar-refractivity contribution in [2.75, 3.05) is 18.0 Å². The number of fused-ring (bicyclic) bond motifs is 1. The second kappa shape index (κ2) is 9.75. The Morgan fingerprint density at radius 1 is 0.848 bits per heavy atom. The van der Waals surface area contributed by atoms with E-state index in [4.69, 9.17) is 4.74 Å². The number of hydrogen-bond donors (Lipinski definition) is 1. The minimum absolute atomic E-state index is 0.0782. The van der Waals surface area contributed by atoms with E-state index in [-0.39, 0.29) is 11.4 Å². The minimum atomic E-state index is -3.97. The van der Waals surface area contributed by atoms with Crippen LogP contribution in [0, 0.1) is 0 Å². The highest BCUT2D eigenvalue weighted by molar-refractivity contribution is 7.92. The van der Waals surface area contributed by atoms with Crippen LogP contribution in [0.4, 0.5) is 5.69 Å². The van der Waals surface area contributed by atoms with Crippen LogP contribution in [0.1, 0.15) is 5.56 Å². The zero-order chi connectivity index (χ0) is 23.3.